The highest BCUT2D eigenvalue weighted by molar-refractivity contribution is 7.61. The van der Waals surface area contributed by atoms with Gasteiger partial charge >= 0.3 is 15.6 Å². The Hall–Kier alpha value is -4.32. The molecule has 0 radical (unpaired) electrons. The van der Waals surface area contributed by atoms with Gasteiger partial charge in [0.15, 0.2) is 17.4 Å². The number of ether oxygens (including phenoxy) is 1. The largest absolute Gasteiger partial charge is 0.481 e. The number of nitrogens with one attached hydrogen (secondary N) is 2. The summed E-state index contributed by atoms with van der Waals surface area (Å²) >= 11 is 0. The number of amides is 1. The zero-order chi connectivity index (χ0) is 34.7. The smallest absolute Gasteiger partial charge is 0.387 e. The molecule has 3 heterocycles. The molecule has 2 aromatic heterocycles. The molecule has 18 nitrogen and oxygen atoms in total. The van der Waals surface area contributed by atoms with Crippen molar-refractivity contribution in [3.8, 4) is 0 Å². The summed E-state index contributed by atoms with van der Waals surface area (Å²) in [5.74, 6) is -1.06. The second kappa shape index (κ2) is 12.5. The maximum Gasteiger partial charge on any atom is 0.481 e. The van der Waals surface area contributed by atoms with Crippen LogP contribution in [0.2, 0.25) is 0 Å². The number of nitrogen functional groups attached to an aromatic ring is 1. The molecule has 1 saturated heterocycles. The number of phosphoric ester groups is 2. The first-order valence-corrected chi connectivity index (χ1v) is 17.6. The number of fused-ring (bicyclic) bond motifs is 1. The summed E-state index contributed by atoms with van der Waals surface area (Å²) in [5, 5.41) is 29.8. The van der Waals surface area contributed by atoms with Gasteiger partial charge in [-0.2, -0.15) is 9.29 Å². The van der Waals surface area contributed by atoms with Gasteiger partial charge in [-0.3, -0.25) is 28.2 Å². The van der Waals surface area contributed by atoms with E-state index in [-0.39, 0.29) is 23.7 Å². The highest BCUT2D eigenvalue weighted by Gasteiger charge is 2.46. The molecule has 1 aliphatic heterocycles. The molecule has 1 fully saturated rings. The molecular formula is C29H28N6O12P2. The van der Waals surface area contributed by atoms with Gasteiger partial charge in [0.25, 0.3) is 5.56 Å². The van der Waals surface area contributed by atoms with E-state index in [1.165, 1.54) is 0 Å². The number of anilines is 1. The summed E-state index contributed by atoms with van der Waals surface area (Å²) in [7, 11) is -10.7. The molecule has 256 valence electrons. The number of aromatic amines is 1. The van der Waals surface area contributed by atoms with Gasteiger partial charge in [0.2, 0.25) is 11.9 Å². The number of carbonyl (C=O) groups excluding carboxylic acids is 1. The first-order valence-electron chi connectivity index (χ1n) is 14.6. The van der Waals surface area contributed by atoms with Crippen LogP contribution in [0, 0.1) is 0 Å². The van der Waals surface area contributed by atoms with Crippen LogP contribution in [0.1, 0.15) is 11.8 Å². The molecule has 1 amide bonds. The third kappa shape index (κ3) is 6.42. The van der Waals surface area contributed by atoms with Gasteiger partial charge in [-0.25, -0.2) is 14.1 Å². The molecule has 6 atom stereocenters. The standard InChI is InChI=1S/C29H28N6O12P2/c30-29-33-26-23(27(39)34-29)32-13-35(26)28-25(38)24(37)19(46-28)11-44-48(40,41)47-49(42,43)45-12-20(36)31-10-17-7-6-16-5-4-14-2-1-3-15-8-9-18(17)22(16)21(14)15/h1-9,13,19,24-25,28,37-38H,10-12H2,(H,31,36)(H,40,41)(H,42,43)(H3,30,33,34,39)/t19-,24-,25-,28-/m1/s1. The number of imidazole rings is 1. The van der Waals surface area contributed by atoms with Crippen LogP contribution in [0.4, 0.5) is 5.95 Å². The molecule has 8 N–H and O–H groups in total. The van der Waals surface area contributed by atoms with Crippen LogP contribution >= 0.6 is 15.6 Å². The molecule has 6 aromatic rings. The van der Waals surface area contributed by atoms with Crippen LogP contribution < -0.4 is 16.6 Å². The molecule has 0 saturated carbocycles. The number of benzene rings is 4. The number of nitrogens with two attached hydrogens (primary N) is 1. The average molecular weight is 715 g/mol. The Kier molecular flexibility index (Phi) is 8.49. The van der Waals surface area contributed by atoms with Crippen molar-refractivity contribution >= 4 is 71.0 Å². The number of hydrogen-bond donors (Lipinski definition) is 7. The highest BCUT2D eigenvalue weighted by Crippen LogP contribution is 2.60. The van der Waals surface area contributed by atoms with Crippen LogP contribution in [0.3, 0.4) is 0 Å². The highest BCUT2D eigenvalue weighted by atomic mass is 31.3. The lowest BCUT2D eigenvalue weighted by Gasteiger charge is -2.19. The lowest BCUT2D eigenvalue weighted by atomic mass is 9.92. The normalized spacial score (nSPS) is 22.2. The Balaban J connectivity index is 0.937. The fourth-order valence-corrected chi connectivity index (χ4v) is 7.94. The Morgan fingerprint density at radius 3 is 2.41 bits per heavy atom. The third-order valence-corrected chi connectivity index (χ3v) is 10.7. The Morgan fingerprint density at radius 2 is 1.65 bits per heavy atom. The number of aliphatic hydroxyl groups is 2. The molecule has 7 rings (SSSR count). The minimum absolute atomic E-state index is 0.0555. The van der Waals surface area contributed by atoms with E-state index in [2.05, 4.69) is 29.1 Å². The molecule has 0 aliphatic carbocycles. The van der Waals surface area contributed by atoms with Crippen molar-refractivity contribution in [1.29, 1.82) is 0 Å². The van der Waals surface area contributed by atoms with Crippen LogP contribution in [0.15, 0.2) is 65.7 Å². The lowest BCUT2D eigenvalue weighted by Crippen LogP contribution is -2.33. The van der Waals surface area contributed by atoms with E-state index >= 15 is 0 Å². The number of aromatic nitrogens is 4. The van der Waals surface area contributed by atoms with E-state index in [1.54, 1.807) is 0 Å². The quantitative estimate of drug-likeness (QED) is 0.0745. The summed E-state index contributed by atoms with van der Waals surface area (Å²) in [6.07, 6.45) is -5.09. The first-order chi connectivity index (χ1) is 23.3. The van der Waals surface area contributed by atoms with E-state index in [0.717, 1.165) is 48.8 Å². The van der Waals surface area contributed by atoms with Crippen molar-refractivity contribution in [2.45, 2.75) is 31.1 Å². The zero-order valence-corrected chi connectivity index (χ0v) is 26.9. The SMILES string of the molecule is Nc1nc2c(ncn2[C@@H]2O[C@H](COP(=O)(O)OP(=O)(O)OCC(=O)NCc3ccc4ccc5cccc6ccc3c4c56)[C@@H](O)[C@H]2O)c(=O)[nH]1. The lowest BCUT2D eigenvalue weighted by molar-refractivity contribution is -0.123. The number of aliphatic hydroxyl groups excluding tert-OH is 2. The van der Waals surface area contributed by atoms with Crippen molar-refractivity contribution in [3.05, 3.63) is 76.8 Å². The second-order valence-corrected chi connectivity index (χ2v) is 14.3. The Morgan fingerprint density at radius 1 is 0.980 bits per heavy atom. The molecule has 2 unspecified atom stereocenters. The number of phosphoric acid groups is 2. The van der Waals surface area contributed by atoms with Gasteiger partial charge in [0.05, 0.1) is 12.9 Å². The Bertz CT molecular complexity index is 2370. The average Bonchev–Trinajstić information content (AvgIpc) is 3.60. The monoisotopic (exact) mass is 714 g/mol. The first kappa shape index (κ1) is 33.2. The van der Waals surface area contributed by atoms with Gasteiger partial charge in [0, 0.05) is 6.54 Å². The van der Waals surface area contributed by atoms with Crippen molar-refractivity contribution in [1.82, 2.24) is 24.8 Å². The van der Waals surface area contributed by atoms with Crippen molar-refractivity contribution in [2.24, 2.45) is 0 Å². The molecule has 1 aliphatic rings. The maximum atomic E-state index is 12.5. The number of rotatable bonds is 11. The summed E-state index contributed by atoms with van der Waals surface area (Å²) in [5.41, 5.74) is 5.49. The van der Waals surface area contributed by atoms with Gasteiger partial charge < -0.3 is 35.8 Å². The predicted molar refractivity (Wildman–Crippen MR) is 173 cm³/mol. The fraction of sp³-hybridized carbons (Fsp3) is 0.241. The number of carbonyl (C=O) groups is 1. The van der Waals surface area contributed by atoms with Crippen molar-refractivity contribution in [2.75, 3.05) is 18.9 Å². The van der Waals surface area contributed by atoms with E-state index in [4.69, 9.17) is 15.0 Å². The second-order valence-electron chi connectivity index (χ2n) is 11.3. The number of hydrogen-bond acceptors (Lipinski definition) is 13. The topological polar surface area (TPSA) is 271 Å². The molecule has 0 bridgehead atoms. The van der Waals surface area contributed by atoms with Gasteiger partial charge in [-0.1, -0.05) is 54.6 Å². The molecule has 49 heavy (non-hydrogen) atoms. The summed E-state index contributed by atoms with van der Waals surface area (Å²) in [6.45, 7) is -1.86. The summed E-state index contributed by atoms with van der Waals surface area (Å²) in [4.78, 5) is 54.8. The minimum atomic E-state index is -5.36. The van der Waals surface area contributed by atoms with Crippen LogP contribution in [0.5, 0.6) is 0 Å². The summed E-state index contributed by atoms with van der Waals surface area (Å²) < 4.78 is 45.2. The number of H-pyrrole nitrogens is 1. The maximum absolute atomic E-state index is 12.5. The third-order valence-electron chi connectivity index (χ3n) is 8.12. The van der Waals surface area contributed by atoms with E-state index in [1.807, 2.05) is 54.6 Å². The van der Waals surface area contributed by atoms with E-state index < -0.39 is 64.9 Å². The van der Waals surface area contributed by atoms with Crippen molar-refractivity contribution < 1.29 is 52.0 Å². The van der Waals surface area contributed by atoms with Crippen LogP contribution in [-0.4, -0.2) is 77.0 Å². The molecule has 4 aromatic carbocycles. The fourth-order valence-electron chi connectivity index (χ4n) is 5.91. The minimum Gasteiger partial charge on any atom is -0.387 e. The van der Waals surface area contributed by atoms with Gasteiger partial charge in [-0.05, 0) is 37.9 Å². The van der Waals surface area contributed by atoms with Crippen LogP contribution in [-0.2, 0) is 38.6 Å². The van der Waals surface area contributed by atoms with Crippen molar-refractivity contribution in [3.63, 3.8) is 0 Å². The molecule has 0 spiro atoms. The van der Waals surface area contributed by atoms with Gasteiger partial charge in [-0.15, -0.1) is 0 Å². The molecular weight excluding hydrogens is 686 g/mol. The van der Waals surface area contributed by atoms with Gasteiger partial charge in [0.1, 0.15) is 24.9 Å². The van der Waals surface area contributed by atoms with E-state index in [0.29, 0.717) is 0 Å². The zero-order valence-electron chi connectivity index (χ0n) is 25.1. The van der Waals surface area contributed by atoms with Crippen LogP contribution in [0.25, 0.3) is 43.5 Å². The number of nitrogens with zero attached hydrogens (tertiary/aromatic N) is 3. The van der Waals surface area contributed by atoms with E-state index in [9.17, 15) is 38.7 Å². The summed E-state index contributed by atoms with van der Waals surface area (Å²) in [6, 6.07) is 17.8. The predicted octanol–water partition coefficient (Wildman–Crippen LogP) is 1.79. The molecule has 20 heteroatoms. The Labute approximate surface area is 274 Å².